The minimum atomic E-state index is -0.206. The highest BCUT2D eigenvalue weighted by Gasteiger charge is 2.04. The van der Waals surface area contributed by atoms with Crippen molar-refractivity contribution in [1.82, 2.24) is 4.57 Å². The van der Waals surface area contributed by atoms with Crippen LogP contribution in [0.4, 0.5) is 4.39 Å². The summed E-state index contributed by atoms with van der Waals surface area (Å²) in [4.78, 5) is 0. The van der Waals surface area contributed by atoms with Crippen LogP contribution in [0.15, 0.2) is 17.6 Å². The molecule has 0 fully saturated rings. The number of aryl methyl sites for hydroxylation is 1. The number of hydrogen-bond acceptors (Lipinski definition) is 2. The second-order valence-electron chi connectivity index (χ2n) is 2.56. The van der Waals surface area contributed by atoms with Gasteiger partial charge >= 0.3 is 0 Å². The molecular formula is C10H12FNS2. The zero-order chi connectivity index (χ0) is 10.7. The number of pyridine rings is 1. The quantitative estimate of drug-likeness (QED) is 0.615. The third kappa shape index (κ3) is 1.86. The Morgan fingerprint density at radius 1 is 1.43 bits per heavy atom. The van der Waals surface area contributed by atoms with Gasteiger partial charge in [0.2, 0.25) is 0 Å². The zero-order valence-corrected chi connectivity index (χ0v) is 10.0. The molecule has 0 aliphatic carbocycles. The summed E-state index contributed by atoms with van der Waals surface area (Å²) in [6, 6.07) is 1.76. The number of rotatable bonds is 0. The highest BCUT2D eigenvalue weighted by atomic mass is 32.1. The first-order chi connectivity index (χ1) is 6.70. The summed E-state index contributed by atoms with van der Waals surface area (Å²) in [7, 11) is 1.75. The van der Waals surface area contributed by atoms with Crippen LogP contribution in [0.3, 0.4) is 0 Å². The first-order valence-corrected chi connectivity index (χ1v) is 5.71. The molecule has 0 saturated carbocycles. The molecule has 0 aliphatic rings. The van der Waals surface area contributed by atoms with Gasteiger partial charge in [-0.25, -0.2) is 4.39 Å². The molecular weight excluding hydrogens is 217 g/mol. The van der Waals surface area contributed by atoms with E-state index in [4.69, 9.17) is 12.2 Å². The van der Waals surface area contributed by atoms with Crippen molar-refractivity contribution in [3.63, 3.8) is 0 Å². The third-order valence-electron chi connectivity index (χ3n) is 1.74. The number of aromatic nitrogens is 1. The third-order valence-corrected chi connectivity index (χ3v) is 3.29. The lowest BCUT2D eigenvalue weighted by molar-refractivity contribution is 0.621. The summed E-state index contributed by atoms with van der Waals surface area (Å²) in [5.41, 5.74) is 0. The molecule has 0 spiro atoms. The minimum Gasteiger partial charge on any atom is -0.338 e. The summed E-state index contributed by atoms with van der Waals surface area (Å²) < 4.78 is 16.4. The zero-order valence-electron chi connectivity index (χ0n) is 8.37. The van der Waals surface area contributed by atoms with Crippen LogP contribution < -0.4 is 0 Å². The van der Waals surface area contributed by atoms with Crippen LogP contribution in [-0.4, -0.2) is 4.57 Å². The van der Waals surface area contributed by atoms with Crippen molar-refractivity contribution in [2.75, 3.05) is 0 Å². The molecule has 0 N–H and O–H groups in total. The van der Waals surface area contributed by atoms with Crippen LogP contribution in [0.1, 0.15) is 13.8 Å². The molecule has 0 unspecified atom stereocenters. The molecule has 0 radical (unpaired) electrons. The van der Waals surface area contributed by atoms with E-state index >= 15 is 0 Å². The van der Waals surface area contributed by atoms with Gasteiger partial charge in [0.15, 0.2) is 0 Å². The van der Waals surface area contributed by atoms with E-state index in [-0.39, 0.29) is 5.82 Å². The Morgan fingerprint density at radius 3 is 2.71 bits per heavy atom. The molecule has 0 saturated heterocycles. The first-order valence-electron chi connectivity index (χ1n) is 4.42. The Bertz CT molecular complexity index is 484. The van der Waals surface area contributed by atoms with Gasteiger partial charge in [0.05, 0.1) is 4.70 Å². The topological polar surface area (TPSA) is 4.93 Å². The molecule has 2 aromatic heterocycles. The SMILES string of the molecule is CC.Cn1cc(F)c2ccsc2c1=S. The highest BCUT2D eigenvalue weighted by molar-refractivity contribution is 7.71. The normalized spacial score (nSPS) is 9.71. The second kappa shape index (κ2) is 4.66. The van der Waals surface area contributed by atoms with Crippen molar-refractivity contribution < 1.29 is 4.39 Å². The van der Waals surface area contributed by atoms with Crippen molar-refractivity contribution in [2.45, 2.75) is 13.8 Å². The van der Waals surface area contributed by atoms with Gasteiger partial charge in [-0.15, -0.1) is 11.3 Å². The van der Waals surface area contributed by atoms with E-state index in [0.29, 0.717) is 10.0 Å². The minimum absolute atomic E-state index is 0.206. The van der Waals surface area contributed by atoms with Crippen molar-refractivity contribution in [1.29, 1.82) is 0 Å². The number of halogens is 1. The smallest absolute Gasteiger partial charge is 0.148 e. The van der Waals surface area contributed by atoms with Crippen molar-refractivity contribution >= 4 is 33.6 Å². The Balaban J connectivity index is 0.000000461. The molecule has 1 nitrogen and oxygen atoms in total. The van der Waals surface area contributed by atoms with E-state index in [9.17, 15) is 4.39 Å². The average Bonchev–Trinajstić information content (AvgIpc) is 2.67. The summed E-state index contributed by atoms with van der Waals surface area (Å²) in [6.07, 6.45) is 1.41. The molecule has 2 heterocycles. The lowest BCUT2D eigenvalue weighted by Gasteiger charge is -1.99. The predicted octanol–water partition coefficient (Wildman–Crippen LogP) is 4.13. The molecule has 14 heavy (non-hydrogen) atoms. The van der Waals surface area contributed by atoms with E-state index in [2.05, 4.69) is 0 Å². The molecule has 0 atom stereocenters. The lowest BCUT2D eigenvalue weighted by atomic mass is 10.3. The highest BCUT2D eigenvalue weighted by Crippen LogP contribution is 2.23. The van der Waals surface area contributed by atoms with Gasteiger partial charge in [0.1, 0.15) is 10.5 Å². The molecule has 76 valence electrons. The molecule has 0 aromatic carbocycles. The van der Waals surface area contributed by atoms with Crippen LogP contribution in [0.25, 0.3) is 10.1 Å². The summed E-state index contributed by atoms with van der Waals surface area (Å²) >= 11 is 6.59. The van der Waals surface area contributed by atoms with Gasteiger partial charge in [-0.05, 0) is 11.4 Å². The molecule has 2 aromatic rings. The standard InChI is InChI=1S/C8H6FNS2.C2H6/c1-10-4-6(9)5-2-3-12-7(5)8(10)11;1-2/h2-4H,1H3;1-2H3. The number of nitrogens with zero attached hydrogens (tertiary/aromatic N) is 1. The van der Waals surface area contributed by atoms with Gasteiger partial charge in [0, 0.05) is 18.6 Å². The van der Waals surface area contributed by atoms with E-state index < -0.39 is 0 Å². The molecule has 0 aliphatic heterocycles. The van der Waals surface area contributed by atoms with E-state index in [1.54, 1.807) is 17.7 Å². The monoisotopic (exact) mass is 229 g/mol. The van der Waals surface area contributed by atoms with Gasteiger partial charge in [-0.2, -0.15) is 0 Å². The molecule has 4 heteroatoms. The Kier molecular flexibility index (Phi) is 3.77. The van der Waals surface area contributed by atoms with Crippen molar-refractivity contribution in [3.8, 4) is 0 Å². The van der Waals surface area contributed by atoms with Crippen molar-refractivity contribution in [2.24, 2.45) is 7.05 Å². The fraction of sp³-hybridized carbons (Fsp3) is 0.300. The Hall–Kier alpha value is -0.740. The van der Waals surface area contributed by atoms with E-state index in [0.717, 1.165) is 4.70 Å². The summed E-state index contributed by atoms with van der Waals surface area (Å²) in [6.45, 7) is 4.00. The molecule has 0 amide bonds. The fourth-order valence-electron chi connectivity index (χ4n) is 1.12. The first kappa shape index (κ1) is 11.3. The maximum Gasteiger partial charge on any atom is 0.148 e. The molecule has 2 rings (SSSR count). The maximum atomic E-state index is 13.2. The van der Waals surface area contributed by atoms with Crippen LogP contribution in [0.5, 0.6) is 0 Å². The number of fused-ring (bicyclic) bond motifs is 1. The summed E-state index contributed by atoms with van der Waals surface area (Å²) in [5.74, 6) is -0.206. The predicted molar refractivity (Wildman–Crippen MR) is 62.9 cm³/mol. The van der Waals surface area contributed by atoms with Crippen LogP contribution in [0.2, 0.25) is 0 Å². The maximum absolute atomic E-state index is 13.2. The van der Waals surface area contributed by atoms with E-state index in [1.807, 2.05) is 19.2 Å². The van der Waals surface area contributed by atoms with E-state index in [1.165, 1.54) is 17.5 Å². The average molecular weight is 229 g/mol. The van der Waals surface area contributed by atoms with Gasteiger partial charge in [-0.1, -0.05) is 26.1 Å². The van der Waals surface area contributed by atoms with Crippen molar-refractivity contribution in [3.05, 3.63) is 28.1 Å². The van der Waals surface area contributed by atoms with Gasteiger partial charge in [-0.3, -0.25) is 0 Å². The van der Waals surface area contributed by atoms with Crippen LogP contribution in [0, 0.1) is 10.5 Å². The Labute approximate surface area is 91.8 Å². The summed E-state index contributed by atoms with van der Waals surface area (Å²) in [5, 5.41) is 2.48. The largest absolute Gasteiger partial charge is 0.338 e. The van der Waals surface area contributed by atoms with Crippen LogP contribution in [-0.2, 0) is 7.05 Å². The second-order valence-corrected chi connectivity index (χ2v) is 3.86. The lowest BCUT2D eigenvalue weighted by Crippen LogP contribution is -1.93. The Morgan fingerprint density at radius 2 is 2.07 bits per heavy atom. The number of hydrogen-bond donors (Lipinski definition) is 0. The van der Waals surface area contributed by atoms with Crippen LogP contribution >= 0.6 is 23.6 Å². The van der Waals surface area contributed by atoms with Gasteiger partial charge in [0.25, 0.3) is 0 Å². The van der Waals surface area contributed by atoms with Gasteiger partial charge < -0.3 is 4.57 Å². The fourth-order valence-corrected chi connectivity index (χ4v) is 2.31. The molecule has 0 bridgehead atoms. The number of thiophene rings is 1.